The van der Waals surface area contributed by atoms with Crippen molar-refractivity contribution in [1.29, 1.82) is 0 Å². The van der Waals surface area contributed by atoms with Gasteiger partial charge in [-0.15, -0.1) is 10.2 Å². The molecule has 0 aliphatic carbocycles. The minimum atomic E-state index is -0.580. The summed E-state index contributed by atoms with van der Waals surface area (Å²) in [6.45, 7) is 1.96. The van der Waals surface area contributed by atoms with Gasteiger partial charge in [0.05, 0.1) is 7.11 Å². The number of ether oxygens (including phenoxy) is 1. The summed E-state index contributed by atoms with van der Waals surface area (Å²) in [5, 5.41) is 19.9. The first-order valence-electron chi connectivity index (χ1n) is 10.2. The van der Waals surface area contributed by atoms with Gasteiger partial charge in [-0.25, -0.2) is 4.98 Å². The molecule has 30 heavy (non-hydrogen) atoms. The van der Waals surface area contributed by atoms with Crippen LogP contribution in [-0.4, -0.2) is 80.6 Å². The molecule has 0 radical (unpaired) electrons. The molecule has 160 valence electrons. The minimum absolute atomic E-state index is 0.00743. The Balaban J connectivity index is 1.40. The van der Waals surface area contributed by atoms with E-state index in [1.807, 2.05) is 0 Å². The summed E-state index contributed by atoms with van der Waals surface area (Å²) in [6.07, 6.45) is 5.50. The Morgan fingerprint density at radius 3 is 3.10 bits per heavy atom. The molecule has 4 rings (SSSR count). The maximum atomic E-state index is 13.2. The van der Waals surface area contributed by atoms with Gasteiger partial charge >= 0.3 is 0 Å². The number of tetrazole rings is 1. The van der Waals surface area contributed by atoms with Gasteiger partial charge in [0.2, 0.25) is 11.8 Å². The highest BCUT2D eigenvalue weighted by molar-refractivity contribution is 5.95. The molecule has 2 atom stereocenters. The number of aromatic amines is 1. The third-order valence-electron chi connectivity index (χ3n) is 5.89. The average molecular weight is 414 g/mol. The first kappa shape index (κ1) is 20.2. The number of pyridine rings is 1. The van der Waals surface area contributed by atoms with Crippen LogP contribution in [0.1, 0.15) is 41.9 Å². The van der Waals surface area contributed by atoms with Crippen LogP contribution in [0.5, 0.6) is 5.88 Å². The highest BCUT2D eigenvalue weighted by Crippen LogP contribution is 2.38. The molecule has 2 aliphatic heterocycles. The number of rotatable bonds is 7. The Bertz CT molecular complexity index is 890. The lowest BCUT2D eigenvalue weighted by Gasteiger charge is -2.40. The van der Waals surface area contributed by atoms with Gasteiger partial charge in [-0.1, -0.05) is 5.21 Å². The zero-order valence-corrected chi connectivity index (χ0v) is 16.9. The highest BCUT2D eigenvalue weighted by Gasteiger charge is 2.52. The lowest BCUT2D eigenvalue weighted by molar-refractivity contribution is -0.133. The molecule has 4 heterocycles. The molecule has 0 bridgehead atoms. The summed E-state index contributed by atoms with van der Waals surface area (Å²) in [4.78, 5) is 32.1. The number of nitrogens with zero attached hydrogens (tertiary/aromatic N) is 5. The van der Waals surface area contributed by atoms with E-state index in [9.17, 15) is 9.59 Å². The SMILES string of the molecule is COc1cc(C(=O)N[C@@H]2CN3CCCC[C@@]3(C(=O)NCCc3nn[nH]n3)C2)ccn1. The predicted octanol–water partition coefficient (Wildman–Crippen LogP) is -0.311. The Labute approximate surface area is 174 Å². The van der Waals surface area contributed by atoms with E-state index in [0.717, 1.165) is 25.8 Å². The van der Waals surface area contributed by atoms with Crippen LogP contribution in [0.15, 0.2) is 18.3 Å². The first-order valence-corrected chi connectivity index (χ1v) is 10.2. The fourth-order valence-electron chi connectivity index (χ4n) is 4.45. The molecular formula is C19H26N8O3. The van der Waals surface area contributed by atoms with E-state index in [2.05, 4.69) is 41.1 Å². The van der Waals surface area contributed by atoms with E-state index in [4.69, 9.17) is 4.74 Å². The number of hydrogen-bond acceptors (Lipinski definition) is 8. The number of hydrogen-bond donors (Lipinski definition) is 3. The Kier molecular flexibility index (Phi) is 5.88. The van der Waals surface area contributed by atoms with Crippen LogP contribution >= 0.6 is 0 Å². The minimum Gasteiger partial charge on any atom is -0.481 e. The van der Waals surface area contributed by atoms with Crippen LogP contribution in [0.2, 0.25) is 0 Å². The van der Waals surface area contributed by atoms with Crippen molar-refractivity contribution in [3.8, 4) is 5.88 Å². The largest absolute Gasteiger partial charge is 0.481 e. The molecule has 0 saturated carbocycles. The standard InChI is InChI=1S/C19H26N8O3/c1-30-16-10-13(4-7-20-16)17(28)22-14-11-19(6-2-3-9-27(19)12-14)18(29)21-8-5-15-23-25-26-24-15/h4,7,10,14H,2-3,5-6,8-9,11-12H2,1H3,(H,21,29)(H,22,28)(H,23,24,25,26)/t14-,19-/m0/s1. The van der Waals surface area contributed by atoms with Crippen LogP contribution < -0.4 is 15.4 Å². The van der Waals surface area contributed by atoms with Crippen LogP contribution in [0.4, 0.5) is 0 Å². The number of amides is 2. The molecule has 2 aromatic heterocycles. The third kappa shape index (κ3) is 4.11. The fourth-order valence-corrected chi connectivity index (χ4v) is 4.45. The van der Waals surface area contributed by atoms with E-state index in [1.165, 1.54) is 7.11 Å². The van der Waals surface area contributed by atoms with Crippen molar-refractivity contribution in [3.63, 3.8) is 0 Å². The van der Waals surface area contributed by atoms with E-state index in [1.54, 1.807) is 18.3 Å². The molecule has 2 saturated heterocycles. The zero-order valence-electron chi connectivity index (χ0n) is 16.9. The van der Waals surface area contributed by atoms with E-state index < -0.39 is 5.54 Å². The summed E-state index contributed by atoms with van der Waals surface area (Å²) in [5.74, 6) is 0.780. The van der Waals surface area contributed by atoms with Crippen molar-refractivity contribution in [3.05, 3.63) is 29.7 Å². The van der Waals surface area contributed by atoms with Gasteiger partial charge in [0, 0.05) is 43.4 Å². The molecule has 0 aromatic carbocycles. The fraction of sp³-hybridized carbons (Fsp3) is 0.579. The molecule has 0 unspecified atom stereocenters. The molecule has 2 aromatic rings. The van der Waals surface area contributed by atoms with Gasteiger partial charge < -0.3 is 15.4 Å². The molecule has 11 heteroatoms. The molecular weight excluding hydrogens is 388 g/mol. The average Bonchev–Trinajstić information content (AvgIpc) is 3.41. The number of H-pyrrole nitrogens is 1. The molecule has 0 spiro atoms. The van der Waals surface area contributed by atoms with Crippen molar-refractivity contribution in [2.24, 2.45) is 0 Å². The Morgan fingerprint density at radius 1 is 1.40 bits per heavy atom. The summed E-state index contributed by atoms with van der Waals surface area (Å²) in [7, 11) is 1.51. The smallest absolute Gasteiger partial charge is 0.251 e. The number of fused-ring (bicyclic) bond motifs is 1. The van der Waals surface area contributed by atoms with Crippen molar-refractivity contribution < 1.29 is 14.3 Å². The van der Waals surface area contributed by atoms with Crippen molar-refractivity contribution >= 4 is 11.8 Å². The molecule has 3 N–H and O–H groups in total. The van der Waals surface area contributed by atoms with Crippen LogP contribution in [0, 0.1) is 0 Å². The van der Waals surface area contributed by atoms with Crippen molar-refractivity contribution in [2.45, 2.75) is 43.7 Å². The van der Waals surface area contributed by atoms with Gasteiger partial charge in [0.25, 0.3) is 5.91 Å². The van der Waals surface area contributed by atoms with Gasteiger partial charge in [-0.2, -0.15) is 5.21 Å². The lowest BCUT2D eigenvalue weighted by Crippen LogP contribution is -2.57. The summed E-state index contributed by atoms with van der Waals surface area (Å²) >= 11 is 0. The number of aromatic nitrogens is 5. The van der Waals surface area contributed by atoms with Crippen LogP contribution in [0.3, 0.4) is 0 Å². The number of piperidine rings is 1. The number of methoxy groups -OCH3 is 1. The maximum Gasteiger partial charge on any atom is 0.251 e. The second-order valence-electron chi connectivity index (χ2n) is 7.73. The maximum absolute atomic E-state index is 13.2. The van der Waals surface area contributed by atoms with Crippen molar-refractivity contribution in [1.82, 2.24) is 41.1 Å². The predicted molar refractivity (Wildman–Crippen MR) is 106 cm³/mol. The van der Waals surface area contributed by atoms with E-state index in [-0.39, 0.29) is 17.9 Å². The first-order chi connectivity index (χ1) is 14.6. The second-order valence-corrected chi connectivity index (χ2v) is 7.73. The molecule has 2 amide bonds. The number of carbonyl (C=O) groups excluding carboxylic acids is 2. The quantitative estimate of drug-likeness (QED) is 0.561. The highest BCUT2D eigenvalue weighted by atomic mass is 16.5. The van der Waals surface area contributed by atoms with E-state index >= 15 is 0 Å². The molecule has 11 nitrogen and oxygen atoms in total. The van der Waals surface area contributed by atoms with Crippen molar-refractivity contribution in [2.75, 3.05) is 26.7 Å². The monoisotopic (exact) mass is 414 g/mol. The molecule has 2 aliphatic rings. The normalized spacial score (nSPS) is 23.6. The second kappa shape index (κ2) is 8.74. The van der Waals surface area contributed by atoms with E-state index in [0.29, 0.717) is 43.2 Å². The Hall–Kier alpha value is -3.08. The third-order valence-corrected chi connectivity index (χ3v) is 5.89. The number of carbonyl (C=O) groups is 2. The van der Waals surface area contributed by atoms with Crippen LogP contribution in [0.25, 0.3) is 0 Å². The van der Waals surface area contributed by atoms with Gasteiger partial charge in [0.1, 0.15) is 5.54 Å². The summed E-state index contributed by atoms with van der Waals surface area (Å²) in [6, 6.07) is 3.16. The summed E-state index contributed by atoms with van der Waals surface area (Å²) in [5.41, 5.74) is -0.0889. The van der Waals surface area contributed by atoms with Gasteiger partial charge in [0.15, 0.2) is 5.82 Å². The van der Waals surface area contributed by atoms with Crippen LogP contribution in [-0.2, 0) is 11.2 Å². The lowest BCUT2D eigenvalue weighted by atomic mass is 9.84. The topological polar surface area (TPSA) is 138 Å². The zero-order chi connectivity index (χ0) is 21.0. The molecule has 2 fully saturated rings. The summed E-state index contributed by atoms with van der Waals surface area (Å²) < 4.78 is 5.10. The number of nitrogens with one attached hydrogen (secondary N) is 3. The van der Waals surface area contributed by atoms with Gasteiger partial charge in [-0.3, -0.25) is 14.5 Å². The van der Waals surface area contributed by atoms with Gasteiger partial charge in [-0.05, 0) is 38.3 Å². The Morgan fingerprint density at radius 2 is 2.30 bits per heavy atom.